The molecule has 0 aliphatic heterocycles. The molecule has 1 amide bonds. The second kappa shape index (κ2) is 6.42. The van der Waals surface area contributed by atoms with Crippen LogP contribution in [0.4, 0.5) is 0 Å². The Bertz CT molecular complexity index is 802. The number of hydrogen-bond donors (Lipinski definition) is 1. The molecule has 3 aromatic rings. The predicted molar refractivity (Wildman–Crippen MR) is 89.9 cm³/mol. The van der Waals surface area contributed by atoms with Gasteiger partial charge in [-0.2, -0.15) is 5.10 Å². The Kier molecular flexibility index (Phi) is 4.34. The van der Waals surface area contributed by atoms with E-state index in [4.69, 9.17) is 4.42 Å². The summed E-state index contributed by atoms with van der Waals surface area (Å²) in [4.78, 5) is 13.0. The van der Waals surface area contributed by atoms with Crippen LogP contribution in [0.1, 0.15) is 38.4 Å². The second-order valence-electron chi connectivity index (χ2n) is 5.60. The normalized spacial score (nSPS) is 12.3. The zero-order valence-corrected chi connectivity index (χ0v) is 14.2. The van der Waals surface area contributed by atoms with Crippen molar-refractivity contribution < 1.29 is 9.21 Å². The number of carbonyl (C=O) groups is 1. The molecule has 0 aromatic carbocycles. The van der Waals surface area contributed by atoms with Gasteiger partial charge in [-0.15, -0.1) is 11.3 Å². The lowest BCUT2D eigenvalue weighted by Crippen LogP contribution is -2.31. The number of carbonyl (C=O) groups excluding carboxylic acids is 1. The van der Waals surface area contributed by atoms with Crippen molar-refractivity contribution in [2.75, 3.05) is 6.54 Å². The summed E-state index contributed by atoms with van der Waals surface area (Å²) in [7, 11) is 0. The van der Waals surface area contributed by atoms with E-state index in [1.54, 1.807) is 6.26 Å². The molecule has 1 atom stereocenters. The zero-order chi connectivity index (χ0) is 16.4. The maximum absolute atomic E-state index is 12.3. The van der Waals surface area contributed by atoms with Crippen molar-refractivity contribution in [3.05, 3.63) is 63.5 Å². The Balaban J connectivity index is 1.80. The number of hydrogen-bond acceptors (Lipinski definition) is 4. The highest BCUT2D eigenvalue weighted by atomic mass is 32.1. The average Bonchev–Trinajstić information content (AvgIpc) is 3.22. The monoisotopic (exact) mass is 329 g/mol. The molecule has 3 heterocycles. The summed E-state index contributed by atoms with van der Waals surface area (Å²) in [6.07, 6.45) is 1.64. The maximum atomic E-state index is 12.3. The number of nitrogens with one attached hydrogen (secondary N) is 1. The summed E-state index contributed by atoms with van der Waals surface area (Å²) in [6.45, 7) is 6.36. The fraction of sp³-hybridized carbons (Fsp3) is 0.294. The van der Waals surface area contributed by atoms with Crippen molar-refractivity contribution in [3.8, 4) is 0 Å². The van der Waals surface area contributed by atoms with Gasteiger partial charge in [0.05, 0.1) is 16.8 Å². The minimum atomic E-state index is -0.163. The topological polar surface area (TPSA) is 60.1 Å². The molecule has 0 radical (unpaired) electrons. The molecule has 0 aliphatic rings. The molecule has 0 saturated carbocycles. The molecule has 0 bridgehead atoms. The van der Waals surface area contributed by atoms with Crippen LogP contribution in [0.15, 0.2) is 40.3 Å². The van der Waals surface area contributed by atoms with Crippen molar-refractivity contribution in [2.24, 2.45) is 0 Å². The molecule has 0 saturated heterocycles. The highest BCUT2D eigenvalue weighted by molar-refractivity contribution is 7.12. The molecule has 23 heavy (non-hydrogen) atoms. The first-order valence-corrected chi connectivity index (χ1v) is 8.32. The molecule has 3 aromatic heterocycles. The van der Waals surface area contributed by atoms with Crippen LogP contribution >= 0.6 is 11.3 Å². The van der Waals surface area contributed by atoms with Crippen LogP contribution in [-0.2, 0) is 0 Å². The summed E-state index contributed by atoms with van der Waals surface area (Å²) < 4.78 is 7.44. The SMILES string of the molecule is Cc1csc(C(=O)NCC(c2ccco2)n2nc(C)cc2C)c1. The molecular weight excluding hydrogens is 310 g/mol. The molecule has 6 heteroatoms. The van der Waals surface area contributed by atoms with E-state index in [1.165, 1.54) is 11.3 Å². The summed E-state index contributed by atoms with van der Waals surface area (Å²) in [5, 5.41) is 9.49. The standard InChI is InChI=1S/C17H19N3O2S/c1-11-7-16(23-10-11)17(21)18-9-14(15-5-4-6-22-15)20-13(3)8-12(2)19-20/h4-8,10,14H,9H2,1-3H3,(H,18,21). The van der Waals surface area contributed by atoms with Gasteiger partial charge in [-0.1, -0.05) is 0 Å². The van der Waals surface area contributed by atoms with E-state index in [9.17, 15) is 4.79 Å². The lowest BCUT2D eigenvalue weighted by atomic mass is 10.2. The first-order valence-electron chi connectivity index (χ1n) is 7.44. The molecule has 1 unspecified atom stereocenters. The smallest absolute Gasteiger partial charge is 0.261 e. The van der Waals surface area contributed by atoms with E-state index in [2.05, 4.69) is 10.4 Å². The predicted octanol–water partition coefficient (Wildman–Crippen LogP) is 3.48. The minimum absolute atomic E-state index is 0.0683. The van der Waals surface area contributed by atoms with Crippen molar-refractivity contribution in [1.82, 2.24) is 15.1 Å². The van der Waals surface area contributed by atoms with Crippen LogP contribution in [0.3, 0.4) is 0 Å². The van der Waals surface area contributed by atoms with E-state index >= 15 is 0 Å². The molecule has 0 spiro atoms. The number of nitrogens with zero attached hydrogens (tertiary/aromatic N) is 2. The highest BCUT2D eigenvalue weighted by Gasteiger charge is 2.21. The first-order chi connectivity index (χ1) is 11.0. The largest absolute Gasteiger partial charge is 0.467 e. The number of amides is 1. The Morgan fingerprint density at radius 2 is 2.22 bits per heavy atom. The molecular formula is C17H19N3O2S. The van der Waals surface area contributed by atoms with Crippen molar-refractivity contribution in [3.63, 3.8) is 0 Å². The van der Waals surface area contributed by atoms with Crippen LogP contribution in [0, 0.1) is 20.8 Å². The summed E-state index contributed by atoms with van der Waals surface area (Å²) in [5.74, 6) is 0.708. The zero-order valence-electron chi connectivity index (χ0n) is 13.4. The maximum Gasteiger partial charge on any atom is 0.261 e. The van der Waals surface area contributed by atoms with E-state index < -0.39 is 0 Å². The van der Waals surface area contributed by atoms with E-state index in [1.807, 2.05) is 55.1 Å². The van der Waals surface area contributed by atoms with Gasteiger partial charge >= 0.3 is 0 Å². The fourth-order valence-corrected chi connectivity index (χ4v) is 3.39. The number of aryl methyl sites for hydroxylation is 3. The van der Waals surface area contributed by atoms with Gasteiger partial charge in [0, 0.05) is 12.2 Å². The van der Waals surface area contributed by atoms with E-state index in [0.29, 0.717) is 11.4 Å². The summed E-state index contributed by atoms with van der Waals surface area (Å²) in [6, 6.07) is 7.50. The Hall–Kier alpha value is -2.34. The quantitative estimate of drug-likeness (QED) is 0.779. The van der Waals surface area contributed by atoms with Crippen LogP contribution in [-0.4, -0.2) is 22.2 Å². The van der Waals surface area contributed by atoms with Crippen LogP contribution in [0.25, 0.3) is 0 Å². The highest BCUT2D eigenvalue weighted by Crippen LogP contribution is 2.21. The second-order valence-corrected chi connectivity index (χ2v) is 6.51. The summed E-state index contributed by atoms with van der Waals surface area (Å²) in [5.41, 5.74) is 3.07. The molecule has 120 valence electrons. The van der Waals surface area contributed by atoms with Crippen molar-refractivity contribution >= 4 is 17.2 Å². The third kappa shape index (κ3) is 3.37. The van der Waals surface area contributed by atoms with Gasteiger partial charge in [0.1, 0.15) is 11.8 Å². The average molecular weight is 329 g/mol. The van der Waals surface area contributed by atoms with Gasteiger partial charge in [-0.3, -0.25) is 9.48 Å². The fourth-order valence-electron chi connectivity index (χ4n) is 2.58. The first kappa shape index (κ1) is 15.6. The van der Waals surface area contributed by atoms with Crippen LogP contribution in [0.5, 0.6) is 0 Å². The van der Waals surface area contributed by atoms with Crippen molar-refractivity contribution in [2.45, 2.75) is 26.8 Å². The van der Waals surface area contributed by atoms with Crippen molar-refractivity contribution in [1.29, 1.82) is 0 Å². The Morgan fingerprint density at radius 1 is 1.39 bits per heavy atom. The van der Waals surface area contributed by atoms with Crippen LogP contribution in [0.2, 0.25) is 0 Å². The Labute approximate surface area is 138 Å². The van der Waals surface area contributed by atoms with E-state index in [-0.39, 0.29) is 11.9 Å². The molecule has 0 aliphatic carbocycles. The lowest BCUT2D eigenvalue weighted by molar-refractivity contribution is 0.0952. The third-order valence-electron chi connectivity index (χ3n) is 3.62. The number of rotatable bonds is 5. The Morgan fingerprint density at radius 3 is 2.78 bits per heavy atom. The van der Waals surface area contributed by atoms with Gasteiger partial charge in [-0.25, -0.2) is 0 Å². The molecule has 5 nitrogen and oxygen atoms in total. The van der Waals surface area contributed by atoms with Gasteiger partial charge in [0.25, 0.3) is 5.91 Å². The molecule has 1 N–H and O–H groups in total. The van der Waals surface area contributed by atoms with Gasteiger partial charge in [-0.05, 0) is 56.0 Å². The number of thiophene rings is 1. The minimum Gasteiger partial charge on any atom is -0.467 e. The lowest BCUT2D eigenvalue weighted by Gasteiger charge is -2.17. The van der Waals surface area contributed by atoms with E-state index in [0.717, 1.165) is 22.7 Å². The molecule has 0 fully saturated rings. The summed E-state index contributed by atoms with van der Waals surface area (Å²) >= 11 is 1.45. The van der Waals surface area contributed by atoms with Gasteiger partial charge < -0.3 is 9.73 Å². The van der Waals surface area contributed by atoms with Crippen LogP contribution < -0.4 is 5.32 Å². The third-order valence-corrected chi connectivity index (χ3v) is 4.67. The van der Waals surface area contributed by atoms with Gasteiger partial charge in [0.15, 0.2) is 0 Å². The van der Waals surface area contributed by atoms with Gasteiger partial charge in [0.2, 0.25) is 0 Å². The molecule has 3 rings (SSSR count). The number of furan rings is 1. The number of aromatic nitrogens is 2.